The molecule has 4 atom stereocenters. The summed E-state index contributed by atoms with van der Waals surface area (Å²) in [6.45, 7) is 3.84. The molecule has 2 aliphatic heterocycles. The molecule has 0 bridgehead atoms. The molecule has 3 aliphatic rings. The molecular formula is C16H28O3. The van der Waals surface area contributed by atoms with E-state index < -0.39 is 0 Å². The normalized spacial score (nSPS) is 40.4. The van der Waals surface area contributed by atoms with E-state index in [0.717, 1.165) is 32.5 Å². The Morgan fingerprint density at radius 2 is 1.89 bits per heavy atom. The van der Waals surface area contributed by atoms with Crippen LogP contribution in [0.15, 0.2) is 0 Å². The lowest BCUT2D eigenvalue weighted by molar-refractivity contribution is -0.149. The molecule has 0 aromatic rings. The maximum Gasteiger partial charge on any atom is 0.0862 e. The SMILES string of the molecule is CC1CCOC1C(O)C1CCOC2(CCCCC2)C1. The quantitative estimate of drug-likeness (QED) is 0.837. The van der Waals surface area contributed by atoms with Crippen LogP contribution in [0, 0.1) is 11.8 Å². The maximum atomic E-state index is 10.7. The lowest BCUT2D eigenvalue weighted by Crippen LogP contribution is -2.47. The van der Waals surface area contributed by atoms with Gasteiger partial charge in [-0.15, -0.1) is 0 Å². The standard InChI is InChI=1S/C16H28O3/c1-12-5-9-18-15(12)14(17)13-6-10-19-16(11-13)7-3-2-4-8-16/h12-15,17H,2-11H2,1H3. The molecule has 1 aliphatic carbocycles. The number of aliphatic hydroxyl groups is 1. The van der Waals surface area contributed by atoms with Crippen molar-refractivity contribution in [3.05, 3.63) is 0 Å². The van der Waals surface area contributed by atoms with Gasteiger partial charge in [-0.1, -0.05) is 26.2 Å². The summed E-state index contributed by atoms with van der Waals surface area (Å²) >= 11 is 0. The molecule has 0 amide bonds. The van der Waals surface area contributed by atoms with Gasteiger partial charge in [-0.3, -0.25) is 0 Å². The molecule has 1 N–H and O–H groups in total. The second-order valence-electron chi connectivity index (χ2n) is 6.94. The van der Waals surface area contributed by atoms with Crippen molar-refractivity contribution in [3.63, 3.8) is 0 Å². The first-order valence-corrected chi connectivity index (χ1v) is 8.14. The van der Waals surface area contributed by atoms with Crippen molar-refractivity contribution >= 4 is 0 Å². The summed E-state index contributed by atoms with van der Waals surface area (Å²) < 4.78 is 11.9. The van der Waals surface area contributed by atoms with Crippen LogP contribution in [0.4, 0.5) is 0 Å². The Kier molecular flexibility index (Phi) is 4.16. The highest BCUT2D eigenvalue weighted by molar-refractivity contribution is 4.94. The fourth-order valence-corrected chi connectivity index (χ4v) is 4.32. The van der Waals surface area contributed by atoms with Gasteiger partial charge < -0.3 is 14.6 Å². The topological polar surface area (TPSA) is 38.7 Å². The van der Waals surface area contributed by atoms with Crippen LogP contribution in [0.25, 0.3) is 0 Å². The Morgan fingerprint density at radius 1 is 1.11 bits per heavy atom. The van der Waals surface area contributed by atoms with Crippen LogP contribution in [0.5, 0.6) is 0 Å². The van der Waals surface area contributed by atoms with E-state index in [1.165, 1.54) is 32.1 Å². The average Bonchev–Trinajstić information content (AvgIpc) is 2.85. The van der Waals surface area contributed by atoms with Gasteiger partial charge in [0.05, 0.1) is 17.8 Å². The molecule has 1 spiro atoms. The Labute approximate surface area is 116 Å². The smallest absolute Gasteiger partial charge is 0.0862 e. The fraction of sp³-hybridized carbons (Fsp3) is 1.00. The van der Waals surface area contributed by atoms with E-state index in [1.54, 1.807) is 0 Å². The van der Waals surface area contributed by atoms with Gasteiger partial charge in [0, 0.05) is 13.2 Å². The molecule has 1 saturated carbocycles. The zero-order valence-electron chi connectivity index (χ0n) is 12.1. The first-order valence-electron chi connectivity index (χ1n) is 8.14. The molecule has 2 saturated heterocycles. The third-order valence-electron chi connectivity index (χ3n) is 5.56. The van der Waals surface area contributed by atoms with E-state index in [9.17, 15) is 5.11 Å². The van der Waals surface area contributed by atoms with Crippen molar-refractivity contribution in [2.75, 3.05) is 13.2 Å². The van der Waals surface area contributed by atoms with Gasteiger partial charge in [0.15, 0.2) is 0 Å². The molecule has 0 aromatic heterocycles. The van der Waals surface area contributed by atoms with E-state index in [-0.39, 0.29) is 17.8 Å². The van der Waals surface area contributed by atoms with Gasteiger partial charge >= 0.3 is 0 Å². The van der Waals surface area contributed by atoms with Gasteiger partial charge in [0.25, 0.3) is 0 Å². The maximum absolute atomic E-state index is 10.7. The molecular weight excluding hydrogens is 240 g/mol. The minimum absolute atomic E-state index is 0.0590. The summed E-state index contributed by atoms with van der Waals surface area (Å²) in [6, 6.07) is 0. The minimum atomic E-state index is -0.291. The van der Waals surface area contributed by atoms with Gasteiger partial charge in [-0.25, -0.2) is 0 Å². The number of rotatable bonds is 2. The van der Waals surface area contributed by atoms with Crippen LogP contribution in [-0.2, 0) is 9.47 Å². The van der Waals surface area contributed by atoms with Crippen LogP contribution >= 0.6 is 0 Å². The summed E-state index contributed by atoms with van der Waals surface area (Å²) in [6.07, 6.45) is 9.21. The lowest BCUT2D eigenvalue weighted by atomic mass is 9.73. The van der Waals surface area contributed by atoms with Crippen molar-refractivity contribution in [1.29, 1.82) is 0 Å². The number of ether oxygens (including phenoxy) is 2. The van der Waals surface area contributed by atoms with E-state index in [4.69, 9.17) is 9.47 Å². The summed E-state index contributed by atoms with van der Waals surface area (Å²) in [5, 5.41) is 10.7. The first kappa shape index (κ1) is 13.8. The van der Waals surface area contributed by atoms with Gasteiger partial charge in [-0.2, -0.15) is 0 Å². The lowest BCUT2D eigenvalue weighted by Gasteiger charge is -2.45. The molecule has 0 radical (unpaired) electrons. The first-order chi connectivity index (χ1) is 9.20. The van der Waals surface area contributed by atoms with Crippen LogP contribution in [-0.4, -0.2) is 36.1 Å². The predicted molar refractivity (Wildman–Crippen MR) is 74.0 cm³/mol. The zero-order chi connectivity index (χ0) is 13.3. The van der Waals surface area contributed by atoms with Gasteiger partial charge in [0.2, 0.25) is 0 Å². The van der Waals surface area contributed by atoms with Crippen LogP contribution < -0.4 is 0 Å². The molecule has 3 fully saturated rings. The Morgan fingerprint density at radius 3 is 2.58 bits per heavy atom. The summed E-state index contributed by atoms with van der Waals surface area (Å²) in [4.78, 5) is 0. The predicted octanol–water partition coefficient (Wildman–Crippen LogP) is 2.90. The monoisotopic (exact) mass is 268 g/mol. The number of aliphatic hydroxyl groups excluding tert-OH is 1. The molecule has 110 valence electrons. The second kappa shape index (κ2) is 5.71. The Balaban J connectivity index is 1.64. The fourth-order valence-electron chi connectivity index (χ4n) is 4.32. The van der Waals surface area contributed by atoms with E-state index in [2.05, 4.69) is 6.92 Å². The Hall–Kier alpha value is -0.120. The highest BCUT2D eigenvalue weighted by Gasteiger charge is 2.44. The highest BCUT2D eigenvalue weighted by Crippen LogP contribution is 2.43. The van der Waals surface area contributed by atoms with Gasteiger partial charge in [0.1, 0.15) is 0 Å². The van der Waals surface area contributed by atoms with Crippen LogP contribution in [0.3, 0.4) is 0 Å². The summed E-state index contributed by atoms with van der Waals surface area (Å²) in [7, 11) is 0. The zero-order valence-corrected chi connectivity index (χ0v) is 12.1. The van der Waals surface area contributed by atoms with Crippen molar-refractivity contribution in [2.24, 2.45) is 11.8 Å². The van der Waals surface area contributed by atoms with Crippen molar-refractivity contribution in [1.82, 2.24) is 0 Å². The number of hydrogen-bond donors (Lipinski definition) is 1. The molecule has 3 rings (SSSR count). The average molecular weight is 268 g/mol. The van der Waals surface area contributed by atoms with Crippen LogP contribution in [0.1, 0.15) is 58.3 Å². The third kappa shape index (κ3) is 2.84. The number of hydrogen-bond acceptors (Lipinski definition) is 3. The van der Waals surface area contributed by atoms with Crippen molar-refractivity contribution < 1.29 is 14.6 Å². The highest BCUT2D eigenvalue weighted by atomic mass is 16.5. The van der Waals surface area contributed by atoms with E-state index >= 15 is 0 Å². The van der Waals surface area contributed by atoms with Gasteiger partial charge in [-0.05, 0) is 43.9 Å². The van der Waals surface area contributed by atoms with Crippen LogP contribution in [0.2, 0.25) is 0 Å². The molecule has 2 heterocycles. The largest absolute Gasteiger partial charge is 0.390 e. The molecule has 4 unspecified atom stereocenters. The minimum Gasteiger partial charge on any atom is -0.390 e. The molecule has 3 heteroatoms. The summed E-state index contributed by atoms with van der Waals surface area (Å²) in [5.74, 6) is 0.873. The van der Waals surface area contributed by atoms with E-state index in [1.807, 2.05) is 0 Å². The summed E-state index contributed by atoms with van der Waals surface area (Å²) in [5.41, 5.74) is 0.0873. The second-order valence-corrected chi connectivity index (χ2v) is 6.94. The Bertz CT molecular complexity index is 293. The molecule has 19 heavy (non-hydrogen) atoms. The molecule has 0 aromatic carbocycles. The van der Waals surface area contributed by atoms with Crippen molar-refractivity contribution in [2.45, 2.75) is 76.1 Å². The van der Waals surface area contributed by atoms with Crippen molar-refractivity contribution in [3.8, 4) is 0 Å². The third-order valence-corrected chi connectivity index (χ3v) is 5.56. The molecule has 3 nitrogen and oxygen atoms in total. The van der Waals surface area contributed by atoms with E-state index in [0.29, 0.717) is 11.8 Å².